The molecule has 138 valence electrons. The maximum atomic E-state index is 11.5. The SMILES string of the molecule is CC(=O)NC[C@H]1[C@H]2C[C@H](CN(c3ncccc3C#N)C2)[C@@H]2CCCCN21. The normalized spacial score (nSPS) is 31.0. The molecule has 4 atom stereocenters. The van der Waals surface area contributed by atoms with E-state index < -0.39 is 0 Å². The second kappa shape index (κ2) is 7.24. The number of anilines is 1. The molecule has 0 unspecified atom stereocenters. The Labute approximate surface area is 155 Å². The summed E-state index contributed by atoms with van der Waals surface area (Å²) in [6, 6.07) is 6.96. The summed E-state index contributed by atoms with van der Waals surface area (Å²) in [4.78, 5) is 21.0. The Morgan fingerprint density at radius 3 is 3.04 bits per heavy atom. The first-order chi connectivity index (χ1) is 12.7. The second-order valence-corrected chi connectivity index (χ2v) is 7.95. The van der Waals surface area contributed by atoms with Gasteiger partial charge in [-0.2, -0.15) is 5.26 Å². The predicted octanol–water partition coefficient (Wildman–Crippen LogP) is 1.77. The van der Waals surface area contributed by atoms with Gasteiger partial charge in [0.05, 0.1) is 5.56 Å². The van der Waals surface area contributed by atoms with E-state index in [0.29, 0.717) is 29.5 Å². The topological polar surface area (TPSA) is 72.3 Å². The molecule has 3 aliphatic heterocycles. The van der Waals surface area contributed by atoms with E-state index in [0.717, 1.165) is 32.0 Å². The first-order valence-electron chi connectivity index (χ1n) is 9.77. The Morgan fingerprint density at radius 2 is 2.23 bits per heavy atom. The number of piperidine rings is 3. The molecule has 0 aliphatic carbocycles. The number of hydrogen-bond acceptors (Lipinski definition) is 5. The molecule has 1 aromatic heterocycles. The Morgan fingerprint density at radius 1 is 1.38 bits per heavy atom. The number of pyridine rings is 1. The summed E-state index contributed by atoms with van der Waals surface area (Å²) in [6.07, 6.45) is 6.80. The molecule has 1 N–H and O–H groups in total. The van der Waals surface area contributed by atoms with Crippen molar-refractivity contribution in [2.75, 3.05) is 31.1 Å². The highest BCUT2D eigenvalue weighted by atomic mass is 16.1. The summed E-state index contributed by atoms with van der Waals surface area (Å²) in [5.41, 5.74) is 0.659. The van der Waals surface area contributed by atoms with Crippen molar-refractivity contribution in [3.63, 3.8) is 0 Å². The van der Waals surface area contributed by atoms with Gasteiger partial charge in [-0.3, -0.25) is 9.69 Å². The highest BCUT2D eigenvalue weighted by Gasteiger charge is 2.47. The van der Waals surface area contributed by atoms with Crippen LogP contribution >= 0.6 is 0 Å². The van der Waals surface area contributed by atoms with Crippen LogP contribution in [0.2, 0.25) is 0 Å². The van der Waals surface area contributed by atoms with Crippen molar-refractivity contribution in [2.45, 2.75) is 44.7 Å². The van der Waals surface area contributed by atoms with Crippen LogP contribution in [0, 0.1) is 23.2 Å². The number of nitrogens with one attached hydrogen (secondary N) is 1. The van der Waals surface area contributed by atoms with Gasteiger partial charge in [0.15, 0.2) is 0 Å². The number of nitriles is 1. The Bertz CT molecular complexity index is 714. The number of nitrogens with zero attached hydrogens (tertiary/aromatic N) is 4. The second-order valence-electron chi connectivity index (χ2n) is 7.95. The highest BCUT2D eigenvalue weighted by Crippen LogP contribution is 2.42. The van der Waals surface area contributed by atoms with E-state index in [1.807, 2.05) is 12.1 Å². The van der Waals surface area contributed by atoms with Gasteiger partial charge in [0, 0.05) is 44.8 Å². The zero-order valence-electron chi connectivity index (χ0n) is 15.4. The van der Waals surface area contributed by atoms with Crippen molar-refractivity contribution >= 4 is 11.7 Å². The van der Waals surface area contributed by atoms with Crippen molar-refractivity contribution in [2.24, 2.45) is 11.8 Å². The summed E-state index contributed by atoms with van der Waals surface area (Å²) in [7, 11) is 0. The van der Waals surface area contributed by atoms with Crippen molar-refractivity contribution in [3.8, 4) is 6.07 Å². The first kappa shape index (κ1) is 17.3. The standard InChI is InChI=1S/C20H27N5O/c1-14(26)23-11-19-17-9-16(18-6-2-3-8-25(18)19)12-24(13-17)20-15(10-21)5-4-7-22-20/h4-5,7,16-19H,2-3,6,8-9,11-13H2,1H3,(H,23,26)/t16-,17+,18+,19+/m1/s1. The number of carbonyl (C=O) groups is 1. The molecule has 0 radical (unpaired) electrons. The smallest absolute Gasteiger partial charge is 0.216 e. The lowest BCUT2D eigenvalue weighted by Gasteiger charge is -2.57. The summed E-state index contributed by atoms with van der Waals surface area (Å²) < 4.78 is 0. The number of aromatic nitrogens is 1. The summed E-state index contributed by atoms with van der Waals surface area (Å²) >= 11 is 0. The molecule has 4 rings (SSSR count). The molecule has 2 bridgehead atoms. The summed E-state index contributed by atoms with van der Waals surface area (Å²) in [6.45, 7) is 5.37. The first-order valence-corrected chi connectivity index (χ1v) is 9.77. The maximum absolute atomic E-state index is 11.5. The van der Waals surface area contributed by atoms with Crippen LogP contribution < -0.4 is 10.2 Å². The Balaban J connectivity index is 1.61. The van der Waals surface area contributed by atoms with Crippen LogP contribution in [0.3, 0.4) is 0 Å². The zero-order chi connectivity index (χ0) is 18.1. The molecular weight excluding hydrogens is 326 g/mol. The van der Waals surface area contributed by atoms with Crippen LogP contribution in [0.15, 0.2) is 18.3 Å². The van der Waals surface area contributed by atoms with E-state index in [4.69, 9.17) is 0 Å². The third-order valence-electron chi connectivity index (χ3n) is 6.39. The van der Waals surface area contributed by atoms with Gasteiger partial charge in [0.25, 0.3) is 0 Å². The molecule has 26 heavy (non-hydrogen) atoms. The van der Waals surface area contributed by atoms with Crippen LogP contribution in [0.4, 0.5) is 5.82 Å². The molecule has 3 fully saturated rings. The number of fused-ring (bicyclic) bond motifs is 4. The largest absolute Gasteiger partial charge is 0.355 e. The van der Waals surface area contributed by atoms with Gasteiger partial charge < -0.3 is 10.2 Å². The molecule has 6 heteroatoms. The van der Waals surface area contributed by atoms with Crippen molar-refractivity contribution in [1.82, 2.24) is 15.2 Å². The van der Waals surface area contributed by atoms with Crippen molar-refractivity contribution in [3.05, 3.63) is 23.9 Å². The number of carbonyl (C=O) groups excluding carboxylic acids is 1. The average molecular weight is 353 g/mol. The van der Waals surface area contributed by atoms with Gasteiger partial charge in [-0.05, 0) is 49.8 Å². The molecule has 3 aliphatic rings. The molecule has 0 saturated carbocycles. The predicted molar refractivity (Wildman–Crippen MR) is 99.6 cm³/mol. The fourth-order valence-corrected chi connectivity index (χ4v) is 5.35. The summed E-state index contributed by atoms with van der Waals surface area (Å²) in [5.74, 6) is 2.00. The quantitative estimate of drug-likeness (QED) is 0.897. The lowest BCUT2D eigenvalue weighted by molar-refractivity contribution is -0.119. The minimum atomic E-state index is 0.0461. The molecular formula is C20H27N5O. The third kappa shape index (κ3) is 3.16. The fraction of sp³-hybridized carbons (Fsp3) is 0.650. The molecule has 6 nitrogen and oxygen atoms in total. The van der Waals surface area contributed by atoms with Gasteiger partial charge >= 0.3 is 0 Å². The summed E-state index contributed by atoms with van der Waals surface area (Å²) in [5, 5.41) is 12.5. The van der Waals surface area contributed by atoms with Crippen molar-refractivity contribution < 1.29 is 4.79 Å². The minimum absolute atomic E-state index is 0.0461. The van der Waals surface area contributed by atoms with E-state index in [2.05, 4.69) is 26.2 Å². The molecule has 0 spiro atoms. The third-order valence-corrected chi connectivity index (χ3v) is 6.39. The van der Waals surface area contributed by atoms with Gasteiger partial charge in [-0.15, -0.1) is 0 Å². The van der Waals surface area contributed by atoms with Gasteiger partial charge in [-0.1, -0.05) is 6.42 Å². The van der Waals surface area contributed by atoms with Crippen LogP contribution in [-0.4, -0.2) is 54.1 Å². The minimum Gasteiger partial charge on any atom is -0.355 e. The molecule has 3 saturated heterocycles. The monoisotopic (exact) mass is 353 g/mol. The lowest BCUT2D eigenvalue weighted by Crippen LogP contribution is -2.65. The van der Waals surface area contributed by atoms with Crippen LogP contribution in [0.5, 0.6) is 0 Å². The Hall–Kier alpha value is -2.13. The van der Waals surface area contributed by atoms with Gasteiger partial charge in [-0.25, -0.2) is 4.98 Å². The van der Waals surface area contributed by atoms with Crippen molar-refractivity contribution in [1.29, 1.82) is 5.26 Å². The van der Waals surface area contributed by atoms with E-state index in [1.165, 1.54) is 25.7 Å². The van der Waals surface area contributed by atoms with E-state index in [-0.39, 0.29) is 5.91 Å². The number of hydrogen-bond donors (Lipinski definition) is 1. The van der Waals surface area contributed by atoms with Crippen LogP contribution in [0.25, 0.3) is 0 Å². The fourth-order valence-electron chi connectivity index (χ4n) is 5.35. The number of rotatable bonds is 3. The molecule has 4 heterocycles. The van der Waals surface area contributed by atoms with Gasteiger partial charge in [0.1, 0.15) is 11.9 Å². The lowest BCUT2D eigenvalue weighted by atomic mass is 9.72. The average Bonchev–Trinajstić information content (AvgIpc) is 2.67. The highest BCUT2D eigenvalue weighted by molar-refractivity contribution is 5.72. The van der Waals surface area contributed by atoms with Crippen LogP contribution in [-0.2, 0) is 4.79 Å². The molecule has 1 aromatic rings. The van der Waals surface area contributed by atoms with Gasteiger partial charge in [0.2, 0.25) is 5.91 Å². The zero-order valence-corrected chi connectivity index (χ0v) is 15.4. The van der Waals surface area contributed by atoms with E-state index in [9.17, 15) is 10.1 Å². The molecule has 1 amide bonds. The van der Waals surface area contributed by atoms with Crippen LogP contribution in [0.1, 0.15) is 38.2 Å². The Kier molecular flexibility index (Phi) is 4.82. The van der Waals surface area contributed by atoms with E-state index in [1.54, 1.807) is 13.1 Å². The maximum Gasteiger partial charge on any atom is 0.216 e. The van der Waals surface area contributed by atoms with E-state index >= 15 is 0 Å². The molecule has 0 aromatic carbocycles. The number of amides is 1.